The minimum atomic E-state index is 0.118. The molecule has 1 aliphatic rings. The Balaban J connectivity index is 2.09. The molecular weight excluding hydrogens is 236 g/mol. The van der Waals surface area contributed by atoms with E-state index in [9.17, 15) is 4.79 Å². The van der Waals surface area contributed by atoms with Crippen molar-refractivity contribution in [3.8, 4) is 0 Å². The Bertz CT molecular complexity index is 425. The molecule has 1 saturated heterocycles. The fraction of sp³-hybridized carbons (Fsp3) is 0.562. The van der Waals surface area contributed by atoms with E-state index >= 15 is 0 Å². The highest BCUT2D eigenvalue weighted by atomic mass is 16.2. The molecular formula is C16H24N2O. The lowest BCUT2D eigenvalue weighted by atomic mass is 10.0. The maximum absolute atomic E-state index is 12.4. The molecule has 1 fully saturated rings. The van der Waals surface area contributed by atoms with Gasteiger partial charge in [0.05, 0.1) is 0 Å². The predicted octanol–water partition coefficient (Wildman–Crippen LogP) is 2.76. The summed E-state index contributed by atoms with van der Waals surface area (Å²) in [5.41, 5.74) is 8.06. The molecule has 0 bridgehead atoms. The van der Waals surface area contributed by atoms with Crippen molar-refractivity contribution in [2.24, 2.45) is 5.73 Å². The fourth-order valence-corrected chi connectivity index (χ4v) is 2.55. The zero-order chi connectivity index (χ0) is 13.8. The van der Waals surface area contributed by atoms with Gasteiger partial charge in [-0.05, 0) is 36.5 Å². The van der Waals surface area contributed by atoms with Gasteiger partial charge in [-0.1, -0.05) is 32.4 Å². The molecule has 2 N–H and O–H groups in total. The number of nitrogens with zero attached hydrogens (tertiary/aromatic N) is 1. The number of nitrogens with two attached hydrogens (primary N) is 1. The Morgan fingerprint density at radius 3 is 2.58 bits per heavy atom. The van der Waals surface area contributed by atoms with Crippen molar-refractivity contribution in [3.05, 3.63) is 35.4 Å². The van der Waals surface area contributed by atoms with Crippen LogP contribution >= 0.6 is 0 Å². The van der Waals surface area contributed by atoms with E-state index in [1.54, 1.807) is 0 Å². The van der Waals surface area contributed by atoms with E-state index < -0.39 is 0 Å². The van der Waals surface area contributed by atoms with E-state index in [0.717, 1.165) is 31.4 Å². The number of hydrogen-bond donors (Lipinski definition) is 1. The minimum Gasteiger partial charge on any atom is -0.337 e. The molecule has 1 atom stereocenters. The van der Waals surface area contributed by atoms with Gasteiger partial charge in [0.1, 0.15) is 0 Å². The van der Waals surface area contributed by atoms with Crippen LogP contribution < -0.4 is 5.73 Å². The second-order valence-electron chi connectivity index (χ2n) is 5.78. The zero-order valence-corrected chi connectivity index (χ0v) is 11.9. The van der Waals surface area contributed by atoms with E-state index in [4.69, 9.17) is 5.73 Å². The standard InChI is InChI=1S/C16H24N2O/c1-12(2)13-6-8-14(9-7-13)16(19)18-10-4-3-5-15(17)11-18/h6-9,12,15H,3-5,10-11,17H2,1-2H3. The molecule has 0 aliphatic carbocycles. The first-order valence-electron chi connectivity index (χ1n) is 7.22. The van der Waals surface area contributed by atoms with Crippen LogP contribution in [0.1, 0.15) is 54.9 Å². The van der Waals surface area contributed by atoms with Crippen LogP contribution in [0.15, 0.2) is 24.3 Å². The van der Waals surface area contributed by atoms with Crippen molar-refractivity contribution in [2.75, 3.05) is 13.1 Å². The number of hydrogen-bond acceptors (Lipinski definition) is 2. The second kappa shape index (κ2) is 6.20. The average Bonchev–Trinajstić information content (AvgIpc) is 2.62. The van der Waals surface area contributed by atoms with Crippen molar-refractivity contribution in [2.45, 2.75) is 45.1 Å². The molecule has 19 heavy (non-hydrogen) atoms. The highest BCUT2D eigenvalue weighted by Gasteiger charge is 2.20. The van der Waals surface area contributed by atoms with E-state index in [1.165, 1.54) is 5.56 Å². The van der Waals surface area contributed by atoms with Crippen molar-refractivity contribution < 1.29 is 4.79 Å². The average molecular weight is 260 g/mol. The van der Waals surface area contributed by atoms with Crippen molar-refractivity contribution in [1.29, 1.82) is 0 Å². The third-order valence-electron chi connectivity index (χ3n) is 3.82. The van der Waals surface area contributed by atoms with Gasteiger partial charge in [-0.2, -0.15) is 0 Å². The van der Waals surface area contributed by atoms with Gasteiger partial charge in [0, 0.05) is 24.7 Å². The van der Waals surface area contributed by atoms with Gasteiger partial charge in [-0.3, -0.25) is 4.79 Å². The van der Waals surface area contributed by atoms with Gasteiger partial charge < -0.3 is 10.6 Å². The van der Waals surface area contributed by atoms with Crippen LogP contribution in [-0.4, -0.2) is 29.9 Å². The summed E-state index contributed by atoms with van der Waals surface area (Å²) in [4.78, 5) is 14.4. The number of likely N-dealkylation sites (tertiary alicyclic amines) is 1. The largest absolute Gasteiger partial charge is 0.337 e. The number of benzene rings is 1. The number of amides is 1. The smallest absolute Gasteiger partial charge is 0.253 e. The molecule has 104 valence electrons. The summed E-state index contributed by atoms with van der Waals surface area (Å²) in [6, 6.07) is 8.11. The summed E-state index contributed by atoms with van der Waals surface area (Å²) in [6.07, 6.45) is 3.21. The van der Waals surface area contributed by atoms with E-state index in [2.05, 4.69) is 26.0 Å². The number of carbonyl (C=O) groups is 1. The molecule has 0 spiro atoms. The molecule has 3 nitrogen and oxygen atoms in total. The van der Waals surface area contributed by atoms with Gasteiger partial charge >= 0.3 is 0 Å². The molecule has 0 radical (unpaired) electrons. The molecule has 1 aliphatic heterocycles. The molecule has 1 aromatic carbocycles. The summed E-state index contributed by atoms with van der Waals surface area (Å²) in [6.45, 7) is 5.83. The van der Waals surface area contributed by atoms with E-state index in [1.807, 2.05) is 17.0 Å². The monoisotopic (exact) mass is 260 g/mol. The van der Waals surface area contributed by atoms with Gasteiger partial charge in [0.2, 0.25) is 0 Å². The lowest BCUT2D eigenvalue weighted by molar-refractivity contribution is 0.0755. The first-order chi connectivity index (χ1) is 9.08. The zero-order valence-electron chi connectivity index (χ0n) is 11.9. The molecule has 1 aromatic rings. The van der Waals surface area contributed by atoms with Crippen LogP contribution in [0.5, 0.6) is 0 Å². The van der Waals surface area contributed by atoms with Gasteiger partial charge in [0.15, 0.2) is 0 Å². The van der Waals surface area contributed by atoms with E-state index in [0.29, 0.717) is 12.5 Å². The van der Waals surface area contributed by atoms with Crippen LogP contribution in [0.3, 0.4) is 0 Å². The summed E-state index contributed by atoms with van der Waals surface area (Å²) < 4.78 is 0. The lowest BCUT2D eigenvalue weighted by Gasteiger charge is -2.23. The fourth-order valence-electron chi connectivity index (χ4n) is 2.55. The molecule has 1 heterocycles. The van der Waals surface area contributed by atoms with Crippen molar-refractivity contribution in [1.82, 2.24) is 4.90 Å². The quantitative estimate of drug-likeness (QED) is 0.888. The first kappa shape index (κ1) is 14.1. The minimum absolute atomic E-state index is 0.118. The lowest BCUT2D eigenvalue weighted by Crippen LogP contribution is -2.39. The highest BCUT2D eigenvalue weighted by molar-refractivity contribution is 5.94. The van der Waals surface area contributed by atoms with Crippen LogP contribution in [0.4, 0.5) is 0 Å². The highest BCUT2D eigenvalue weighted by Crippen LogP contribution is 2.17. The first-order valence-corrected chi connectivity index (χ1v) is 7.22. The third-order valence-corrected chi connectivity index (χ3v) is 3.82. The molecule has 1 unspecified atom stereocenters. The van der Waals surface area contributed by atoms with Gasteiger partial charge in [-0.15, -0.1) is 0 Å². The third kappa shape index (κ3) is 3.57. The number of carbonyl (C=O) groups excluding carboxylic acids is 1. The van der Waals surface area contributed by atoms with Crippen LogP contribution in [0.25, 0.3) is 0 Å². The van der Waals surface area contributed by atoms with Crippen LogP contribution in [0, 0.1) is 0 Å². The Labute approximate surface area is 115 Å². The molecule has 0 aromatic heterocycles. The van der Waals surface area contributed by atoms with Crippen LogP contribution in [0.2, 0.25) is 0 Å². The normalized spacial score (nSPS) is 20.4. The maximum Gasteiger partial charge on any atom is 0.253 e. The van der Waals surface area contributed by atoms with Gasteiger partial charge in [0.25, 0.3) is 5.91 Å². The topological polar surface area (TPSA) is 46.3 Å². The summed E-state index contributed by atoms with van der Waals surface area (Å²) in [7, 11) is 0. The Hall–Kier alpha value is -1.35. The van der Waals surface area contributed by atoms with Gasteiger partial charge in [-0.25, -0.2) is 0 Å². The molecule has 2 rings (SSSR count). The second-order valence-corrected chi connectivity index (χ2v) is 5.78. The molecule has 0 saturated carbocycles. The summed E-state index contributed by atoms with van der Waals surface area (Å²) in [5, 5.41) is 0. The Morgan fingerprint density at radius 1 is 1.26 bits per heavy atom. The maximum atomic E-state index is 12.4. The Morgan fingerprint density at radius 2 is 1.95 bits per heavy atom. The van der Waals surface area contributed by atoms with E-state index in [-0.39, 0.29) is 11.9 Å². The number of rotatable bonds is 2. The Kier molecular flexibility index (Phi) is 4.59. The molecule has 3 heteroatoms. The summed E-state index contributed by atoms with van der Waals surface area (Å²) in [5.74, 6) is 0.614. The predicted molar refractivity (Wildman–Crippen MR) is 78.3 cm³/mol. The SMILES string of the molecule is CC(C)c1ccc(C(=O)N2CCCCC(N)C2)cc1. The van der Waals surface area contributed by atoms with Crippen molar-refractivity contribution in [3.63, 3.8) is 0 Å². The summed E-state index contributed by atoms with van der Waals surface area (Å²) >= 11 is 0. The van der Waals surface area contributed by atoms with Crippen molar-refractivity contribution >= 4 is 5.91 Å². The molecule has 1 amide bonds. The van der Waals surface area contributed by atoms with Crippen LogP contribution in [-0.2, 0) is 0 Å².